The second kappa shape index (κ2) is 19.9. The van der Waals surface area contributed by atoms with Crippen molar-refractivity contribution >= 4 is 68.8 Å². The number of hydrogen-bond acceptors (Lipinski definition) is 9. The third kappa shape index (κ3) is 9.55. The van der Waals surface area contributed by atoms with Crippen LogP contribution in [0.3, 0.4) is 0 Å². The van der Waals surface area contributed by atoms with E-state index in [0.717, 1.165) is 86.8 Å². The first-order valence-corrected chi connectivity index (χ1v) is 22.6. The highest BCUT2D eigenvalue weighted by Gasteiger charge is 2.25. The van der Waals surface area contributed by atoms with Crippen molar-refractivity contribution < 1.29 is 0 Å². The Morgan fingerprint density at radius 2 is 0.717 bits per heavy atom. The molecule has 0 unspecified atom stereocenters. The Balaban J connectivity index is 1.64. The molecule has 0 aliphatic heterocycles. The van der Waals surface area contributed by atoms with Gasteiger partial charge in [-0.2, -0.15) is 21.0 Å². The highest BCUT2D eigenvalue weighted by atomic mass is 32.1. The number of unbranched alkanes of at least 4 members (excludes halogenated alkanes) is 4. The minimum atomic E-state index is 0.127. The summed E-state index contributed by atoms with van der Waals surface area (Å²) in [5, 5.41) is 37.4. The van der Waals surface area contributed by atoms with E-state index < -0.39 is 0 Å². The van der Waals surface area contributed by atoms with Gasteiger partial charge in [-0.25, -0.2) is 0 Å². The maximum absolute atomic E-state index is 9.35. The van der Waals surface area contributed by atoms with E-state index in [1.54, 1.807) is 34.8 Å². The Kier molecular flexibility index (Phi) is 15.0. The fourth-order valence-electron chi connectivity index (χ4n) is 6.42. The molecule has 53 heavy (non-hydrogen) atoms. The van der Waals surface area contributed by atoms with Gasteiger partial charge in [0.25, 0.3) is 0 Å². The first kappa shape index (κ1) is 40.1. The molecule has 270 valence electrons. The number of rotatable bonds is 18. The lowest BCUT2D eigenvalue weighted by Crippen LogP contribution is -1.94. The van der Waals surface area contributed by atoms with E-state index in [9.17, 15) is 21.0 Å². The van der Waals surface area contributed by atoms with E-state index >= 15 is 0 Å². The van der Waals surface area contributed by atoms with E-state index in [1.807, 2.05) is 70.4 Å². The Hall–Kier alpha value is -4.06. The third-order valence-electron chi connectivity index (χ3n) is 9.16. The fraction of sp³-hybridized carbons (Fsp3) is 0.364. The van der Waals surface area contributed by atoms with Gasteiger partial charge in [0, 0.05) is 48.8 Å². The van der Waals surface area contributed by atoms with Gasteiger partial charge in [0.2, 0.25) is 0 Å². The normalized spacial score (nSPS) is 10.7. The minimum Gasteiger partial charge on any atom is -0.192 e. The average Bonchev–Trinajstić information content (AvgIpc) is 4.02. The van der Waals surface area contributed by atoms with Crippen LogP contribution in [0, 0.1) is 45.3 Å². The maximum Gasteiger partial charge on any atom is 0.131 e. The van der Waals surface area contributed by atoms with Gasteiger partial charge in [-0.3, -0.25) is 0 Å². The molecule has 0 fully saturated rings. The van der Waals surface area contributed by atoms with Crippen LogP contribution in [0.2, 0.25) is 0 Å². The molecule has 9 heteroatoms. The minimum absolute atomic E-state index is 0.127. The van der Waals surface area contributed by atoms with Crippen LogP contribution < -0.4 is 0 Å². The number of nitrogens with zero attached hydrogens (tertiary/aromatic N) is 4. The lowest BCUT2D eigenvalue weighted by molar-refractivity contribution is 0.764. The molecule has 0 radical (unpaired) electrons. The molecule has 5 aromatic heterocycles. The molecule has 0 N–H and O–H groups in total. The van der Waals surface area contributed by atoms with Crippen molar-refractivity contribution in [3.8, 4) is 63.3 Å². The van der Waals surface area contributed by atoms with E-state index in [-0.39, 0.29) is 11.1 Å². The summed E-state index contributed by atoms with van der Waals surface area (Å²) in [7, 11) is 0. The van der Waals surface area contributed by atoms with Crippen molar-refractivity contribution in [3.05, 3.63) is 79.6 Å². The highest BCUT2D eigenvalue weighted by Crippen LogP contribution is 2.51. The maximum atomic E-state index is 9.35. The Bertz CT molecular complexity index is 2060. The van der Waals surface area contributed by atoms with Crippen molar-refractivity contribution in [2.75, 3.05) is 0 Å². The predicted octanol–water partition coefficient (Wildman–Crippen LogP) is 14.9. The largest absolute Gasteiger partial charge is 0.192 e. The number of thiophene rings is 5. The molecule has 0 amide bonds. The Morgan fingerprint density at radius 3 is 1.00 bits per heavy atom. The van der Waals surface area contributed by atoms with Crippen molar-refractivity contribution in [2.24, 2.45) is 0 Å². The van der Waals surface area contributed by atoms with Crippen LogP contribution >= 0.6 is 56.7 Å². The van der Waals surface area contributed by atoms with Crippen LogP contribution in [-0.2, 0) is 25.7 Å². The second-order valence-corrected chi connectivity index (χ2v) is 18.3. The topological polar surface area (TPSA) is 95.2 Å². The molecule has 0 atom stereocenters. The van der Waals surface area contributed by atoms with Crippen molar-refractivity contribution in [1.29, 1.82) is 21.0 Å². The fourth-order valence-corrected chi connectivity index (χ4v) is 12.7. The molecule has 0 saturated heterocycles. The van der Waals surface area contributed by atoms with Crippen LogP contribution in [0.5, 0.6) is 0 Å². The van der Waals surface area contributed by atoms with E-state index in [0.29, 0.717) is 0 Å². The monoisotopic (exact) mass is 788 g/mol. The van der Waals surface area contributed by atoms with Gasteiger partial charge in [-0.1, -0.05) is 53.4 Å². The summed E-state index contributed by atoms with van der Waals surface area (Å²) in [4.78, 5) is 12.3. The van der Waals surface area contributed by atoms with Gasteiger partial charge in [-0.15, -0.1) is 56.7 Å². The van der Waals surface area contributed by atoms with Crippen LogP contribution in [-0.4, -0.2) is 0 Å². The average molecular weight is 789 g/mol. The van der Waals surface area contributed by atoms with Crippen molar-refractivity contribution in [1.82, 2.24) is 0 Å². The van der Waals surface area contributed by atoms with E-state index in [2.05, 4.69) is 52.0 Å². The van der Waals surface area contributed by atoms with Crippen molar-refractivity contribution in [3.63, 3.8) is 0 Å². The van der Waals surface area contributed by atoms with Crippen LogP contribution in [0.1, 0.15) is 111 Å². The molecule has 0 spiro atoms. The summed E-state index contributed by atoms with van der Waals surface area (Å²) in [5.74, 6) is 0. The summed E-state index contributed by atoms with van der Waals surface area (Å²) < 4.78 is 0. The van der Waals surface area contributed by atoms with Crippen LogP contribution in [0.25, 0.3) is 51.2 Å². The Morgan fingerprint density at radius 1 is 0.434 bits per heavy atom. The molecule has 5 rings (SSSR count). The number of hydrogen-bond donors (Lipinski definition) is 0. The van der Waals surface area contributed by atoms with Crippen LogP contribution in [0.15, 0.2) is 47.5 Å². The van der Waals surface area contributed by atoms with E-state index in [1.165, 1.54) is 61.3 Å². The molecular weight excluding hydrogens is 745 g/mol. The summed E-state index contributed by atoms with van der Waals surface area (Å²) >= 11 is 9.08. The number of allylic oxidation sites excluding steroid dienone is 2. The molecule has 4 nitrogen and oxygen atoms in total. The summed E-state index contributed by atoms with van der Waals surface area (Å²) in [5.41, 5.74) is 6.17. The smallest absolute Gasteiger partial charge is 0.131 e. The molecular formula is C44H44N4S5. The predicted molar refractivity (Wildman–Crippen MR) is 230 cm³/mol. The number of nitriles is 4. The van der Waals surface area contributed by atoms with Gasteiger partial charge in [0.05, 0.1) is 0 Å². The quantitative estimate of drug-likeness (QED) is 0.0826. The van der Waals surface area contributed by atoms with Gasteiger partial charge in [-0.05, 0) is 122 Å². The molecule has 5 heterocycles. The molecule has 0 saturated carbocycles. The lowest BCUT2D eigenvalue weighted by Gasteiger charge is -2.08. The van der Waals surface area contributed by atoms with Gasteiger partial charge < -0.3 is 0 Å². The second-order valence-electron chi connectivity index (χ2n) is 13.0. The molecule has 0 bridgehead atoms. The van der Waals surface area contributed by atoms with Gasteiger partial charge >= 0.3 is 0 Å². The molecule has 0 aliphatic carbocycles. The zero-order chi connectivity index (χ0) is 37.7. The third-order valence-corrected chi connectivity index (χ3v) is 15.6. The zero-order valence-electron chi connectivity index (χ0n) is 30.9. The zero-order valence-corrected chi connectivity index (χ0v) is 35.0. The van der Waals surface area contributed by atoms with Crippen LogP contribution in [0.4, 0.5) is 0 Å². The van der Waals surface area contributed by atoms with E-state index in [4.69, 9.17) is 0 Å². The molecule has 0 aliphatic rings. The molecule has 5 aromatic rings. The highest BCUT2D eigenvalue weighted by molar-refractivity contribution is 7.30. The molecule has 0 aromatic carbocycles. The summed E-state index contributed by atoms with van der Waals surface area (Å²) in [6.45, 7) is 9.05. The Labute approximate surface area is 335 Å². The first-order valence-electron chi connectivity index (χ1n) is 18.6. The summed E-state index contributed by atoms with van der Waals surface area (Å²) in [6.07, 6.45) is 16.7. The van der Waals surface area contributed by atoms with Crippen molar-refractivity contribution in [2.45, 2.75) is 105 Å². The van der Waals surface area contributed by atoms with Gasteiger partial charge in [0.1, 0.15) is 35.4 Å². The van der Waals surface area contributed by atoms with Gasteiger partial charge in [0.15, 0.2) is 0 Å². The SMILES string of the molecule is CCCCc1c(-c2ccc(C=C(C#N)C#N)s2)sc(-c2ccc(-c3sc(-c4ccc(C=C(C#N)C#N)s4)c(CCCC)c3CCCC)s2)c1CCCC. The first-order chi connectivity index (χ1) is 25.9. The summed E-state index contributed by atoms with van der Waals surface area (Å²) in [6, 6.07) is 21.1. The lowest BCUT2D eigenvalue weighted by atomic mass is 9.97. The standard InChI is InChI=1S/C44H44N4S5/c1-5-9-13-33-35(15-11-7-3)43(52-41(33)37-19-17-31(49-37)23-29(25-45)26-46)39-21-22-40(51-39)44-36(16-12-8-4)34(14-10-6-2)42(53-44)38-20-18-32(50-38)24-30(27-47)28-48/h17-24H,5-16H2,1-4H3.